The van der Waals surface area contributed by atoms with Crippen LogP contribution in [0.1, 0.15) is 8.56 Å². The van der Waals surface area contributed by atoms with Crippen molar-refractivity contribution in [3.8, 4) is 0 Å². The van der Waals surface area contributed by atoms with E-state index < -0.39 is 27.0 Å². The number of rotatable bonds is 1. The first-order valence-electron chi connectivity index (χ1n) is 2.01. The van der Waals surface area contributed by atoms with Crippen molar-refractivity contribution in [3.63, 3.8) is 0 Å². The van der Waals surface area contributed by atoms with Gasteiger partial charge in [0.1, 0.15) is 0 Å². The number of carbonyl (C=O) groups is 1. The fourth-order valence-corrected chi connectivity index (χ4v) is 0.270. The van der Waals surface area contributed by atoms with Gasteiger partial charge in [-0.1, -0.05) is 0 Å². The van der Waals surface area contributed by atoms with E-state index in [4.69, 9.17) is 27.2 Å². The second-order valence-electron chi connectivity index (χ2n) is 1.22. The summed E-state index contributed by atoms with van der Waals surface area (Å²) < 4.78 is 60.8. The van der Waals surface area contributed by atoms with E-state index in [0.717, 1.165) is 0 Å². The van der Waals surface area contributed by atoms with Crippen LogP contribution in [-0.2, 0) is 25.0 Å². The molecule has 0 atom stereocenters. The third-order valence-corrected chi connectivity index (χ3v) is 0.530. The molecule has 0 aromatic carbocycles. The minimum absolute atomic E-state index is 0. The Morgan fingerprint density at radius 2 is 1.12 bits per heavy atom. The quantitative estimate of drug-likeness (QED) is 0.311. The van der Waals surface area contributed by atoms with Gasteiger partial charge in [0, 0.05) is 0 Å². The first kappa shape index (κ1) is 31.3. The van der Waals surface area contributed by atoms with Crippen LogP contribution in [0, 0.1) is 0 Å². The monoisotopic (exact) mass is 366 g/mol. The van der Waals surface area contributed by atoms with Gasteiger partial charge in [-0.3, -0.25) is 17.8 Å². The smallest absolute Gasteiger partial charge is 1.00 e. The van der Waals surface area contributed by atoms with Gasteiger partial charge < -0.3 is 13.7 Å². The van der Waals surface area contributed by atoms with Gasteiger partial charge in [-0.2, -0.15) is 16.8 Å². The first-order valence-corrected chi connectivity index (χ1v) is 4.78. The van der Waals surface area contributed by atoms with Crippen molar-refractivity contribution in [1.29, 1.82) is 0 Å². The molecule has 0 fully saturated rings. The van der Waals surface area contributed by atoms with Crippen molar-refractivity contribution >= 4 is 140 Å². The molecule has 0 heterocycles. The van der Waals surface area contributed by atoms with Crippen LogP contribution < -0.4 is 0 Å². The molecule has 0 aliphatic rings. The van der Waals surface area contributed by atoms with E-state index in [2.05, 4.69) is 4.18 Å². The average molecular weight is 366 g/mol. The molecule has 0 unspecified atom stereocenters. The van der Waals surface area contributed by atoms with Gasteiger partial charge in [0.15, 0.2) is 0 Å². The van der Waals surface area contributed by atoms with E-state index in [1.54, 1.807) is 0 Å². The molecule has 0 bridgehead atoms. The zero-order valence-electron chi connectivity index (χ0n) is 13.7. The van der Waals surface area contributed by atoms with Gasteiger partial charge in [-0.25, -0.2) is 4.79 Å². The van der Waals surface area contributed by atoms with Crippen molar-refractivity contribution in [1.82, 2.24) is 0 Å². The van der Waals surface area contributed by atoms with Gasteiger partial charge in [-0.05, 0) is 0 Å². The van der Waals surface area contributed by atoms with E-state index >= 15 is 0 Å². The van der Waals surface area contributed by atoms with Crippen LogP contribution in [0.25, 0.3) is 0 Å². The molecule has 15 heteroatoms. The van der Waals surface area contributed by atoms with Crippen LogP contribution in [0.3, 0.4) is 0 Å². The third-order valence-electron chi connectivity index (χ3n) is 0.177. The van der Waals surface area contributed by atoms with Crippen LogP contribution in [0.2, 0.25) is 0 Å². The van der Waals surface area contributed by atoms with Crippen LogP contribution in [-0.4, -0.2) is 155 Å². The summed E-state index contributed by atoms with van der Waals surface area (Å²) in [6.07, 6.45) is -2.06. The average Bonchev–Trinajstić information content (AvgIpc) is 1.47. The Hall–Kier alpha value is 2.83. The fraction of sp³-hybridized carbons (Fsp3) is 0. The van der Waals surface area contributed by atoms with Gasteiger partial charge in [0.05, 0.1) is 0 Å². The first-order chi connectivity index (χ1) is 5.42. The molecule has 0 saturated carbocycles. The summed E-state index contributed by atoms with van der Waals surface area (Å²) in [5, 5.41) is 7.49. The van der Waals surface area contributed by atoms with E-state index in [9.17, 15) is 13.2 Å². The second kappa shape index (κ2) is 14.2. The summed E-state index contributed by atoms with van der Waals surface area (Å²) >= 11 is 0. The number of hydrogen-bond donors (Lipinski definition) is 4. The Bertz CT molecular complexity index is 364. The van der Waals surface area contributed by atoms with Crippen molar-refractivity contribution in [2.75, 3.05) is 0 Å². The molecule has 0 aliphatic heterocycles. The van der Waals surface area contributed by atoms with Crippen LogP contribution in [0.5, 0.6) is 0 Å². The molecule has 0 aromatic rings. The normalized spacial score (nSPS) is 8.94. The second-order valence-corrected chi connectivity index (χ2v) is 3.14. The summed E-state index contributed by atoms with van der Waals surface area (Å²) in [4.78, 5) is 9.25. The topological polar surface area (TPSA) is 175 Å². The summed E-state index contributed by atoms with van der Waals surface area (Å²) in [7, 11) is -9.49. The Morgan fingerprint density at radius 1 is 0.938 bits per heavy atom. The summed E-state index contributed by atoms with van der Waals surface area (Å²) in [5.41, 5.74) is 0. The molecule has 4 N–H and O–H groups in total. The van der Waals surface area contributed by atoms with E-state index in [-0.39, 0.29) is 122 Å². The summed E-state index contributed by atoms with van der Waals surface area (Å²) in [6.45, 7) is 0. The van der Waals surface area contributed by atoms with Crippen LogP contribution in [0.15, 0.2) is 0 Å². The summed E-state index contributed by atoms with van der Waals surface area (Å²) in [5.74, 6) is 0. The van der Waals surface area contributed by atoms with Gasteiger partial charge in [0.2, 0.25) is 0 Å². The molecule has 0 aromatic heterocycles. The Kier molecular flexibility index (Phi) is 27.9. The predicted octanol–water partition coefficient (Wildman–Crippen LogP) is -1.64. The van der Waals surface area contributed by atoms with Crippen molar-refractivity contribution in [2.24, 2.45) is 0 Å². The van der Waals surface area contributed by atoms with E-state index in [1.807, 2.05) is 0 Å². The molecule has 0 spiro atoms. The summed E-state index contributed by atoms with van der Waals surface area (Å²) in [6, 6.07) is 0. The van der Waals surface area contributed by atoms with Gasteiger partial charge >= 0.3 is 140 Å². The van der Waals surface area contributed by atoms with Gasteiger partial charge in [-0.15, -0.1) is 0 Å². The maximum atomic E-state index is 9.39. The molecule has 16 heavy (non-hydrogen) atoms. The van der Waals surface area contributed by atoms with E-state index in [0.29, 0.717) is 0 Å². The Morgan fingerprint density at radius 3 is 1.12 bits per heavy atom. The van der Waals surface area contributed by atoms with Gasteiger partial charge in [0.25, 0.3) is 0 Å². The van der Waals surface area contributed by atoms with Crippen LogP contribution in [0.4, 0.5) is 4.79 Å². The zero-order valence-corrected chi connectivity index (χ0v) is 15.9. The Labute approximate surface area is 190 Å². The predicted molar refractivity (Wildman–Crippen MR) is 58.8 cm³/mol. The number of hydrogen-bond acceptors (Lipinski definition) is 6. The molecular weight excluding hydrogens is 356 g/mol. The van der Waals surface area contributed by atoms with Crippen molar-refractivity contribution in [3.05, 3.63) is 0 Å². The van der Waals surface area contributed by atoms with Crippen molar-refractivity contribution in [2.45, 2.75) is 0 Å². The maximum Gasteiger partial charge on any atom is 2.00 e. The third kappa shape index (κ3) is 68.8. The maximum absolute atomic E-state index is 9.39. The van der Waals surface area contributed by atoms with E-state index in [1.165, 1.54) is 0 Å². The fourth-order valence-electron chi connectivity index (χ4n) is 0.0901. The standard InChI is InChI=1S/CH2O6S.3Ca.H2O4S.6H/c2-1(3)7-8(4,5)6;;;;1-5(2,3)4;;;;;;/h(H,2,3)(H,4,5,6);;;;(H2,1,2,3,4);;;;;;/q;3*+2;;6*-1. The molecule has 0 rings (SSSR count). The molecule has 92 valence electrons. The van der Waals surface area contributed by atoms with Crippen LogP contribution >= 0.6 is 0 Å². The molecule has 0 amide bonds. The van der Waals surface area contributed by atoms with Crippen molar-refractivity contribution < 1.29 is 53.1 Å². The largest absolute Gasteiger partial charge is 2.00 e. The Balaban J connectivity index is -0.00000000899. The molecular formula is CH10Ca3O10S2. The SMILES string of the molecule is O=C(O)OS(=O)(=O)O.O=S(=O)(O)O.[Ca+2].[Ca+2].[Ca+2].[H-].[H-].[H-].[H-].[H-].[H-]. The number of carboxylic acid groups (broad SMARTS) is 1. The molecule has 0 aliphatic carbocycles. The molecule has 0 saturated heterocycles. The molecule has 10 nitrogen and oxygen atoms in total. The minimum Gasteiger partial charge on any atom is -1.00 e. The molecule has 0 radical (unpaired) electrons. The minimum atomic E-state index is -4.82. The zero-order chi connectivity index (χ0) is 11.3.